The van der Waals surface area contributed by atoms with Gasteiger partial charge in [0.1, 0.15) is 5.82 Å². The summed E-state index contributed by atoms with van der Waals surface area (Å²) in [7, 11) is -4.48. The van der Waals surface area contributed by atoms with Crippen LogP contribution in [-0.4, -0.2) is 26.6 Å². The first-order valence-electron chi connectivity index (χ1n) is 5.06. The Hall–Kier alpha value is -1.71. The number of hydrogen-bond acceptors (Lipinski definition) is 3. The number of carbonyl (C=O) groups excluding carboxylic acids is 1. The van der Waals surface area contributed by atoms with Crippen molar-refractivity contribution in [1.29, 1.82) is 0 Å². The van der Waals surface area contributed by atoms with Crippen LogP contribution in [0.5, 0.6) is 0 Å². The Labute approximate surface area is 110 Å². The molecule has 0 fully saturated rings. The largest absolute Gasteiger partial charge is 0.390 e. The molecule has 10 heteroatoms. The van der Waals surface area contributed by atoms with Gasteiger partial charge in [-0.3, -0.25) is 9.52 Å². The minimum Gasteiger partial charge on any atom is -0.298 e. The molecule has 1 aromatic rings. The number of rotatable bonds is 5. The molecule has 0 saturated carbocycles. The Morgan fingerprint density at radius 1 is 1.20 bits per heavy atom. The van der Waals surface area contributed by atoms with Crippen molar-refractivity contribution in [2.24, 2.45) is 0 Å². The van der Waals surface area contributed by atoms with Crippen LogP contribution in [-0.2, 0) is 10.0 Å². The van der Waals surface area contributed by atoms with Crippen molar-refractivity contribution in [1.82, 2.24) is 0 Å². The molecule has 0 aliphatic heterocycles. The highest BCUT2D eigenvalue weighted by atomic mass is 32.2. The monoisotopic (exact) mass is 317 g/mol. The van der Waals surface area contributed by atoms with E-state index < -0.39 is 51.3 Å². The summed E-state index contributed by atoms with van der Waals surface area (Å²) in [5, 5.41) is 0. The molecule has 0 saturated heterocycles. The van der Waals surface area contributed by atoms with Crippen LogP contribution < -0.4 is 4.72 Å². The van der Waals surface area contributed by atoms with Crippen LogP contribution in [0.25, 0.3) is 0 Å². The van der Waals surface area contributed by atoms with E-state index in [0.717, 1.165) is 0 Å². The molecule has 0 atom stereocenters. The SMILES string of the molecule is O=Cc1c(F)ccc(NS(=O)(=O)CCC(F)(F)F)c1F. The summed E-state index contributed by atoms with van der Waals surface area (Å²) in [4.78, 5) is 10.4. The summed E-state index contributed by atoms with van der Waals surface area (Å²) < 4.78 is 86.4. The minimum absolute atomic E-state index is 0.168. The molecule has 0 unspecified atom stereocenters. The van der Waals surface area contributed by atoms with Crippen molar-refractivity contribution in [3.63, 3.8) is 0 Å². The second-order valence-corrected chi connectivity index (χ2v) is 5.57. The quantitative estimate of drug-likeness (QED) is 0.670. The van der Waals surface area contributed by atoms with Crippen LogP contribution in [0.2, 0.25) is 0 Å². The van der Waals surface area contributed by atoms with E-state index in [1.165, 1.54) is 4.72 Å². The molecular weight excluding hydrogens is 309 g/mol. The van der Waals surface area contributed by atoms with Crippen molar-refractivity contribution in [2.45, 2.75) is 12.6 Å². The average Bonchev–Trinajstić information content (AvgIpc) is 2.31. The summed E-state index contributed by atoms with van der Waals surface area (Å²) in [6.07, 6.45) is -6.48. The number of anilines is 1. The van der Waals surface area contributed by atoms with E-state index in [1.807, 2.05) is 0 Å². The Morgan fingerprint density at radius 2 is 1.80 bits per heavy atom. The molecule has 0 aliphatic carbocycles. The first-order valence-corrected chi connectivity index (χ1v) is 6.71. The first-order chi connectivity index (χ1) is 9.06. The molecule has 112 valence electrons. The van der Waals surface area contributed by atoms with Gasteiger partial charge < -0.3 is 0 Å². The average molecular weight is 317 g/mol. The van der Waals surface area contributed by atoms with Crippen LogP contribution in [0.1, 0.15) is 16.8 Å². The fourth-order valence-electron chi connectivity index (χ4n) is 1.22. The number of hydrogen-bond donors (Lipinski definition) is 1. The topological polar surface area (TPSA) is 63.2 Å². The zero-order chi connectivity index (χ0) is 15.6. The zero-order valence-corrected chi connectivity index (χ0v) is 10.5. The third-order valence-electron chi connectivity index (χ3n) is 2.16. The van der Waals surface area contributed by atoms with E-state index in [1.54, 1.807) is 0 Å². The molecule has 0 heterocycles. The Bertz CT molecular complexity index is 612. The van der Waals surface area contributed by atoms with Crippen molar-refractivity contribution in [2.75, 3.05) is 10.5 Å². The van der Waals surface area contributed by atoms with E-state index in [2.05, 4.69) is 0 Å². The van der Waals surface area contributed by atoms with E-state index in [-0.39, 0.29) is 6.29 Å². The molecule has 0 bridgehead atoms. The van der Waals surface area contributed by atoms with Gasteiger partial charge in [0.25, 0.3) is 0 Å². The molecule has 0 radical (unpaired) electrons. The van der Waals surface area contributed by atoms with Crippen LogP contribution in [0.4, 0.5) is 27.6 Å². The van der Waals surface area contributed by atoms with Crippen LogP contribution in [0.3, 0.4) is 0 Å². The molecule has 1 rings (SSSR count). The third kappa shape index (κ3) is 4.44. The number of alkyl halides is 3. The van der Waals surface area contributed by atoms with E-state index in [9.17, 15) is 35.2 Å². The van der Waals surface area contributed by atoms with Gasteiger partial charge in [-0.25, -0.2) is 17.2 Å². The van der Waals surface area contributed by atoms with Gasteiger partial charge in [-0.15, -0.1) is 0 Å². The highest BCUT2D eigenvalue weighted by Gasteiger charge is 2.30. The number of sulfonamides is 1. The van der Waals surface area contributed by atoms with E-state index in [4.69, 9.17) is 0 Å². The molecule has 4 nitrogen and oxygen atoms in total. The molecule has 0 aliphatic rings. The highest BCUT2D eigenvalue weighted by Crippen LogP contribution is 2.23. The van der Waals surface area contributed by atoms with Gasteiger partial charge in [0.05, 0.1) is 23.4 Å². The highest BCUT2D eigenvalue weighted by molar-refractivity contribution is 7.92. The lowest BCUT2D eigenvalue weighted by atomic mass is 10.2. The fourth-order valence-corrected chi connectivity index (χ4v) is 2.32. The van der Waals surface area contributed by atoms with Gasteiger partial charge in [-0.2, -0.15) is 13.2 Å². The second-order valence-electron chi connectivity index (χ2n) is 3.73. The number of carbonyl (C=O) groups is 1. The lowest BCUT2D eigenvalue weighted by Gasteiger charge is -2.11. The number of nitrogens with one attached hydrogen (secondary N) is 1. The normalized spacial score (nSPS) is 12.2. The third-order valence-corrected chi connectivity index (χ3v) is 3.44. The summed E-state index contributed by atoms with van der Waals surface area (Å²) in [6, 6.07) is 1.29. The number of benzene rings is 1. The summed E-state index contributed by atoms with van der Waals surface area (Å²) in [6.45, 7) is 0. The van der Waals surface area contributed by atoms with Crippen molar-refractivity contribution in [3.05, 3.63) is 29.3 Å². The van der Waals surface area contributed by atoms with Crippen molar-refractivity contribution in [3.8, 4) is 0 Å². The zero-order valence-electron chi connectivity index (χ0n) is 9.67. The van der Waals surface area contributed by atoms with Gasteiger partial charge in [-0.05, 0) is 12.1 Å². The van der Waals surface area contributed by atoms with Gasteiger partial charge in [0.2, 0.25) is 10.0 Å². The van der Waals surface area contributed by atoms with Crippen LogP contribution in [0, 0.1) is 11.6 Å². The predicted molar refractivity (Wildman–Crippen MR) is 59.8 cm³/mol. The Kier molecular flexibility index (Phi) is 4.69. The smallest absolute Gasteiger partial charge is 0.298 e. The molecular formula is C10H8F5NO3S. The van der Waals surface area contributed by atoms with Gasteiger partial charge in [0, 0.05) is 0 Å². The summed E-state index contributed by atoms with van der Waals surface area (Å²) in [5.41, 5.74) is -1.81. The molecule has 0 amide bonds. The predicted octanol–water partition coefficient (Wildman–Crippen LogP) is 2.47. The van der Waals surface area contributed by atoms with Crippen molar-refractivity contribution >= 4 is 22.0 Å². The fraction of sp³-hybridized carbons (Fsp3) is 0.300. The second kappa shape index (κ2) is 5.73. The maximum atomic E-state index is 13.5. The lowest BCUT2D eigenvalue weighted by Crippen LogP contribution is -2.22. The molecule has 1 N–H and O–H groups in total. The molecule has 0 spiro atoms. The van der Waals surface area contributed by atoms with Crippen molar-refractivity contribution < 1.29 is 35.2 Å². The molecule has 20 heavy (non-hydrogen) atoms. The van der Waals surface area contributed by atoms with Crippen LogP contribution >= 0.6 is 0 Å². The Morgan fingerprint density at radius 3 is 2.30 bits per heavy atom. The van der Waals surface area contributed by atoms with Crippen LogP contribution in [0.15, 0.2) is 12.1 Å². The number of halogens is 5. The minimum atomic E-state index is -4.69. The van der Waals surface area contributed by atoms with E-state index in [0.29, 0.717) is 12.1 Å². The standard InChI is InChI=1S/C10H8F5NO3S/c11-7-1-2-8(9(12)6(7)5-17)16-20(18,19)4-3-10(13,14)15/h1-2,5,16H,3-4H2. The maximum absolute atomic E-state index is 13.5. The lowest BCUT2D eigenvalue weighted by molar-refractivity contribution is -0.129. The first kappa shape index (κ1) is 16.3. The maximum Gasteiger partial charge on any atom is 0.390 e. The van der Waals surface area contributed by atoms with Gasteiger partial charge >= 0.3 is 6.18 Å². The molecule has 0 aromatic heterocycles. The number of aldehydes is 1. The summed E-state index contributed by atoms with van der Waals surface area (Å²) in [5.74, 6) is -4.02. The molecule has 1 aromatic carbocycles. The van der Waals surface area contributed by atoms with E-state index >= 15 is 0 Å². The van der Waals surface area contributed by atoms with Gasteiger partial charge in [0.15, 0.2) is 12.1 Å². The summed E-state index contributed by atoms with van der Waals surface area (Å²) >= 11 is 0. The Balaban J connectivity index is 2.96. The van der Waals surface area contributed by atoms with Gasteiger partial charge in [-0.1, -0.05) is 0 Å².